The zero-order valence-electron chi connectivity index (χ0n) is 9.53. The summed E-state index contributed by atoms with van der Waals surface area (Å²) in [7, 11) is 1.33. The monoisotopic (exact) mass is 266 g/mol. The molecule has 7 heteroatoms. The number of esters is 1. The topological polar surface area (TPSA) is 81.8 Å². The van der Waals surface area contributed by atoms with Crippen LogP contribution in [0.25, 0.3) is 0 Å². The van der Waals surface area contributed by atoms with Gasteiger partial charge < -0.3 is 4.74 Å². The number of hydrogen-bond donors (Lipinski definition) is 0. The van der Waals surface area contributed by atoms with E-state index in [2.05, 4.69) is 9.73 Å². The van der Waals surface area contributed by atoms with E-state index in [0.29, 0.717) is 10.8 Å². The minimum Gasteiger partial charge on any atom is -0.467 e. The summed E-state index contributed by atoms with van der Waals surface area (Å²) in [5.41, 5.74) is 0.809. The average Bonchev–Trinajstić information content (AvgIpc) is 2.87. The molecule has 0 amide bonds. The molecular weight excluding hydrogens is 256 g/mol. The third kappa shape index (κ3) is 2.51. The normalized spacial score (nSPS) is 18.3. The first kappa shape index (κ1) is 12.6. The second-order valence-corrected chi connectivity index (χ2v) is 4.60. The zero-order chi connectivity index (χ0) is 13.1. The molecule has 0 radical (unpaired) electrons. The van der Waals surface area contributed by atoms with Crippen molar-refractivity contribution in [2.45, 2.75) is 6.04 Å². The Morgan fingerprint density at radius 1 is 1.50 bits per heavy atom. The van der Waals surface area contributed by atoms with Crippen LogP contribution in [0, 0.1) is 10.1 Å². The molecule has 1 aliphatic heterocycles. The second-order valence-electron chi connectivity index (χ2n) is 3.59. The van der Waals surface area contributed by atoms with Gasteiger partial charge in [-0.05, 0) is 12.1 Å². The first-order valence-corrected chi connectivity index (χ1v) is 6.13. The standard InChI is InChI=1S/C11H10N2O4S/c1-17-11(14)9-6-18-10(12-9)7-2-4-8(5-3-7)13(15)16/h2-5,9H,6H2,1H3. The summed E-state index contributed by atoms with van der Waals surface area (Å²) in [5.74, 6) is 0.179. The number of benzene rings is 1. The van der Waals surface area contributed by atoms with Gasteiger partial charge in [0.1, 0.15) is 0 Å². The minimum absolute atomic E-state index is 0.0341. The number of ether oxygens (including phenoxy) is 1. The fourth-order valence-corrected chi connectivity index (χ4v) is 2.55. The van der Waals surface area contributed by atoms with Gasteiger partial charge in [-0.2, -0.15) is 0 Å². The minimum atomic E-state index is -0.481. The van der Waals surface area contributed by atoms with Crippen molar-refractivity contribution >= 4 is 28.5 Å². The van der Waals surface area contributed by atoms with Gasteiger partial charge in [-0.25, -0.2) is 4.79 Å². The molecule has 0 N–H and O–H groups in total. The highest BCUT2D eigenvalue weighted by atomic mass is 32.2. The van der Waals surface area contributed by atoms with Crippen LogP contribution in [0.5, 0.6) is 0 Å². The summed E-state index contributed by atoms with van der Waals surface area (Å²) in [6.45, 7) is 0. The summed E-state index contributed by atoms with van der Waals surface area (Å²) >= 11 is 1.44. The van der Waals surface area contributed by atoms with Crippen molar-refractivity contribution < 1.29 is 14.5 Å². The Kier molecular flexibility index (Phi) is 3.61. The summed E-state index contributed by atoms with van der Waals surface area (Å²) in [4.78, 5) is 25.6. The maximum atomic E-state index is 11.3. The number of nitro benzene ring substituents is 1. The molecule has 0 aliphatic carbocycles. The van der Waals surface area contributed by atoms with Gasteiger partial charge in [-0.15, -0.1) is 11.8 Å². The van der Waals surface area contributed by atoms with Gasteiger partial charge in [0, 0.05) is 23.4 Å². The fourth-order valence-electron chi connectivity index (χ4n) is 1.51. The van der Waals surface area contributed by atoms with E-state index in [-0.39, 0.29) is 11.7 Å². The van der Waals surface area contributed by atoms with Crippen molar-refractivity contribution in [3.63, 3.8) is 0 Å². The maximum absolute atomic E-state index is 11.3. The highest BCUT2D eigenvalue weighted by Crippen LogP contribution is 2.25. The molecule has 0 saturated heterocycles. The first-order chi connectivity index (χ1) is 8.61. The molecule has 6 nitrogen and oxygen atoms in total. The van der Waals surface area contributed by atoms with Crippen molar-refractivity contribution in [2.75, 3.05) is 12.9 Å². The van der Waals surface area contributed by atoms with Crippen LogP contribution in [-0.2, 0) is 9.53 Å². The zero-order valence-corrected chi connectivity index (χ0v) is 10.3. The van der Waals surface area contributed by atoms with Gasteiger partial charge in [0.2, 0.25) is 0 Å². The Morgan fingerprint density at radius 3 is 2.72 bits per heavy atom. The van der Waals surface area contributed by atoms with Crippen molar-refractivity contribution in [1.29, 1.82) is 0 Å². The van der Waals surface area contributed by atoms with E-state index in [1.54, 1.807) is 12.1 Å². The van der Waals surface area contributed by atoms with Crippen LogP contribution >= 0.6 is 11.8 Å². The average molecular weight is 266 g/mol. The Bertz CT molecular complexity index is 512. The summed E-state index contributed by atoms with van der Waals surface area (Å²) < 4.78 is 4.62. The molecular formula is C11H10N2O4S. The molecule has 1 heterocycles. The first-order valence-electron chi connectivity index (χ1n) is 5.15. The van der Waals surface area contributed by atoms with E-state index in [1.807, 2.05) is 0 Å². The summed E-state index contributed by atoms with van der Waals surface area (Å²) in [6, 6.07) is 5.62. The largest absolute Gasteiger partial charge is 0.467 e. The van der Waals surface area contributed by atoms with Crippen molar-refractivity contribution in [1.82, 2.24) is 0 Å². The highest BCUT2D eigenvalue weighted by molar-refractivity contribution is 8.14. The van der Waals surface area contributed by atoms with Crippen molar-refractivity contribution in [3.05, 3.63) is 39.9 Å². The fraction of sp³-hybridized carbons (Fsp3) is 0.273. The number of non-ortho nitro benzene ring substituents is 1. The van der Waals surface area contributed by atoms with Crippen molar-refractivity contribution in [2.24, 2.45) is 4.99 Å². The molecule has 1 unspecified atom stereocenters. The molecule has 0 spiro atoms. The van der Waals surface area contributed by atoms with Crippen LogP contribution in [0.2, 0.25) is 0 Å². The van der Waals surface area contributed by atoms with Gasteiger partial charge in [0.05, 0.1) is 17.1 Å². The molecule has 1 aromatic carbocycles. The number of hydrogen-bond acceptors (Lipinski definition) is 6. The van der Waals surface area contributed by atoms with Crippen molar-refractivity contribution in [3.8, 4) is 0 Å². The van der Waals surface area contributed by atoms with E-state index in [1.165, 1.54) is 31.0 Å². The van der Waals surface area contributed by atoms with Gasteiger partial charge in [-0.3, -0.25) is 15.1 Å². The lowest BCUT2D eigenvalue weighted by molar-refractivity contribution is -0.384. The number of thioether (sulfide) groups is 1. The molecule has 0 saturated carbocycles. The predicted octanol–water partition coefficient (Wildman–Crippen LogP) is 1.63. The molecule has 1 aromatic rings. The Morgan fingerprint density at radius 2 is 2.17 bits per heavy atom. The number of carbonyl (C=O) groups excluding carboxylic acids is 1. The Hall–Kier alpha value is -1.89. The third-order valence-electron chi connectivity index (χ3n) is 2.45. The van der Waals surface area contributed by atoms with E-state index >= 15 is 0 Å². The molecule has 0 aromatic heterocycles. The third-order valence-corrected chi connectivity index (χ3v) is 3.55. The van der Waals surface area contributed by atoms with E-state index in [4.69, 9.17) is 0 Å². The van der Waals surface area contributed by atoms with E-state index in [0.717, 1.165) is 5.56 Å². The second kappa shape index (κ2) is 5.18. The molecule has 1 aliphatic rings. The lowest BCUT2D eigenvalue weighted by Crippen LogP contribution is -2.19. The number of rotatable bonds is 3. The predicted molar refractivity (Wildman–Crippen MR) is 67.9 cm³/mol. The van der Waals surface area contributed by atoms with E-state index < -0.39 is 11.0 Å². The van der Waals surface area contributed by atoms with Crippen LogP contribution < -0.4 is 0 Å². The number of nitro groups is 1. The van der Waals surface area contributed by atoms with Gasteiger partial charge >= 0.3 is 5.97 Å². The number of nitrogens with zero attached hydrogens (tertiary/aromatic N) is 2. The molecule has 0 fully saturated rings. The summed E-state index contributed by atoms with van der Waals surface area (Å²) in [5, 5.41) is 11.2. The Labute approximate surface area is 107 Å². The smallest absolute Gasteiger partial charge is 0.331 e. The lowest BCUT2D eigenvalue weighted by atomic mass is 10.2. The molecule has 94 valence electrons. The maximum Gasteiger partial charge on any atom is 0.331 e. The number of carbonyl (C=O) groups is 1. The number of aliphatic imine (C=N–C) groups is 1. The van der Waals surface area contributed by atoms with Gasteiger partial charge in [0.15, 0.2) is 6.04 Å². The van der Waals surface area contributed by atoms with Crippen LogP contribution in [0.3, 0.4) is 0 Å². The molecule has 0 bridgehead atoms. The molecule has 1 atom stereocenters. The van der Waals surface area contributed by atoms with E-state index in [9.17, 15) is 14.9 Å². The molecule has 18 heavy (non-hydrogen) atoms. The van der Waals surface area contributed by atoms with Crippen LogP contribution in [-0.4, -0.2) is 34.8 Å². The van der Waals surface area contributed by atoms with Crippen LogP contribution in [0.15, 0.2) is 29.3 Å². The van der Waals surface area contributed by atoms with Crippen LogP contribution in [0.4, 0.5) is 5.69 Å². The van der Waals surface area contributed by atoms with Gasteiger partial charge in [0.25, 0.3) is 5.69 Å². The van der Waals surface area contributed by atoms with Crippen LogP contribution in [0.1, 0.15) is 5.56 Å². The quantitative estimate of drug-likeness (QED) is 0.472. The summed E-state index contributed by atoms with van der Waals surface area (Å²) in [6.07, 6.45) is 0. The number of methoxy groups -OCH3 is 1. The SMILES string of the molecule is COC(=O)C1CSC(c2ccc([N+](=O)[O-])cc2)=N1. The van der Waals surface area contributed by atoms with Gasteiger partial charge in [-0.1, -0.05) is 0 Å². The lowest BCUT2D eigenvalue weighted by Gasteiger charge is -2.00. The Balaban J connectivity index is 2.18. The highest BCUT2D eigenvalue weighted by Gasteiger charge is 2.26. The molecule has 2 rings (SSSR count).